The van der Waals surface area contributed by atoms with E-state index in [1.807, 2.05) is 0 Å². The van der Waals surface area contributed by atoms with Gasteiger partial charge in [-0.05, 0) is 12.8 Å². The monoisotopic (exact) mass is 222 g/mol. The van der Waals surface area contributed by atoms with Gasteiger partial charge in [-0.3, -0.25) is 0 Å². The highest BCUT2D eigenvalue weighted by Crippen LogP contribution is 2.17. The van der Waals surface area contributed by atoms with Crippen LogP contribution in [-0.2, 0) is 11.3 Å². The molecule has 0 bridgehead atoms. The van der Waals surface area contributed by atoms with Crippen LogP contribution in [0.4, 0.5) is 5.95 Å². The summed E-state index contributed by atoms with van der Waals surface area (Å²) in [6.45, 7) is 2.41. The second-order valence-corrected chi connectivity index (χ2v) is 4.02. The summed E-state index contributed by atoms with van der Waals surface area (Å²) in [5, 5.41) is 0. The predicted molar refractivity (Wildman–Crippen MR) is 62.2 cm³/mol. The van der Waals surface area contributed by atoms with Gasteiger partial charge in [0.05, 0.1) is 6.10 Å². The maximum absolute atomic E-state index is 5.50. The van der Waals surface area contributed by atoms with Gasteiger partial charge in [-0.25, -0.2) is 9.97 Å². The zero-order chi connectivity index (χ0) is 11.4. The minimum atomic E-state index is 0.388. The maximum atomic E-state index is 5.50. The number of aromatic nitrogens is 2. The molecule has 0 aliphatic carbocycles. The molecule has 1 aliphatic heterocycles. The lowest BCUT2D eigenvalue weighted by atomic mass is 10.1. The molecule has 0 saturated carbocycles. The van der Waals surface area contributed by atoms with Crippen molar-refractivity contribution in [3.05, 3.63) is 18.0 Å². The van der Waals surface area contributed by atoms with E-state index in [4.69, 9.17) is 10.5 Å². The van der Waals surface area contributed by atoms with E-state index >= 15 is 0 Å². The predicted octanol–water partition coefficient (Wildman–Crippen LogP) is 0.551. The normalized spacial score (nSPS) is 17.8. The molecule has 2 rings (SSSR count). The van der Waals surface area contributed by atoms with Gasteiger partial charge in [0.1, 0.15) is 0 Å². The fourth-order valence-electron chi connectivity index (χ4n) is 1.91. The highest BCUT2D eigenvalue weighted by atomic mass is 16.5. The number of ether oxygens (including phenoxy) is 1. The zero-order valence-electron chi connectivity index (χ0n) is 9.59. The van der Waals surface area contributed by atoms with Crippen molar-refractivity contribution in [1.29, 1.82) is 0 Å². The largest absolute Gasteiger partial charge is 0.381 e. The number of hydrogen-bond acceptors (Lipinski definition) is 5. The Morgan fingerprint density at radius 2 is 2.00 bits per heavy atom. The minimum absolute atomic E-state index is 0.388. The van der Waals surface area contributed by atoms with Crippen LogP contribution in [0.3, 0.4) is 0 Å². The topological polar surface area (TPSA) is 64.3 Å². The quantitative estimate of drug-likeness (QED) is 0.809. The number of hydrogen-bond donors (Lipinski definition) is 1. The summed E-state index contributed by atoms with van der Waals surface area (Å²) in [6, 6.07) is 0. The van der Waals surface area contributed by atoms with Crippen molar-refractivity contribution in [2.24, 2.45) is 5.73 Å². The van der Waals surface area contributed by atoms with E-state index in [-0.39, 0.29) is 0 Å². The van der Waals surface area contributed by atoms with Crippen LogP contribution < -0.4 is 10.6 Å². The highest BCUT2D eigenvalue weighted by Gasteiger charge is 2.20. The zero-order valence-corrected chi connectivity index (χ0v) is 9.59. The van der Waals surface area contributed by atoms with Crippen LogP contribution >= 0.6 is 0 Å². The van der Waals surface area contributed by atoms with Crippen molar-refractivity contribution in [2.45, 2.75) is 25.5 Å². The number of anilines is 1. The summed E-state index contributed by atoms with van der Waals surface area (Å²) in [5.74, 6) is 0.798. The van der Waals surface area contributed by atoms with E-state index in [0.717, 1.165) is 37.4 Å². The first-order valence-corrected chi connectivity index (χ1v) is 5.62. The fraction of sp³-hybridized carbons (Fsp3) is 0.636. The Morgan fingerprint density at radius 3 is 2.50 bits per heavy atom. The number of nitrogens with zero attached hydrogens (tertiary/aromatic N) is 3. The minimum Gasteiger partial charge on any atom is -0.381 e. The van der Waals surface area contributed by atoms with Gasteiger partial charge in [0.2, 0.25) is 5.95 Å². The number of piperidine rings is 1. The Morgan fingerprint density at radius 1 is 1.38 bits per heavy atom. The molecule has 0 atom stereocenters. The van der Waals surface area contributed by atoms with E-state index in [1.54, 1.807) is 19.5 Å². The van der Waals surface area contributed by atoms with Gasteiger partial charge in [-0.15, -0.1) is 0 Å². The second-order valence-electron chi connectivity index (χ2n) is 4.02. The van der Waals surface area contributed by atoms with Gasteiger partial charge in [0.15, 0.2) is 0 Å². The van der Waals surface area contributed by atoms with Gasteiger partial charge in [-0.1, -0.05) is 0 Å². The van der Waals surface area contributed by atoms with E-state index in [2.05, 4.69) is 14.9 Å². The Hall–Kier alpha value is -1.20. The summed E-state index contributed by atoms with van der Waals surface area (Å²) >= 11 is 0. The van der Waals surface area contributed by atoms with E-state index in [1.165, 1.54) is 0 Å². The molecule has 1 aromatic heterocycles. The van der Waals surface area contributed by atoms with Gasteiger partial charge >= 0.3 is 0 Å². The molecule has 0 amide bonds. The third-order valence-electron chi connectivity index (χ3n) is 2.99. The average Bonchev–Trinajstić information content (AvgIpc) is 2.39. The van der Waals surface area contributed by atoms with E-state index in [0.29, 0.717) is 12.6 Å². The van der Waals surface area contributed by atoms with E-state index < -0.39 is 0 Å². The molecule has 1 fully saturated rings. The summed E-state index contributed by atoms with van der Waals surface area (Å²) in [4.78, 5) is 10.8. The molecule has 88 valence electrons. The molecule has 5 nitrogen and oxygen atoms in total. The van der Waals surface area contributed by atoms with Crippen LogP contribution in [0.2, 0.25) is 0 Å². The van der Waals surface area contributed by atoms with Gasteiger partial charge in [-0.2, -0.15) is 0 Å². The maximum Gasteiger partial charge on any atom is 0.225 e. The molecule has 0 unspecified atom stereocenters. The lowest BCUT2D eigenvalue weighted by Crippen LogP contribution is -2.37. The molecule has 2 heterocycles. The van der Waals surface area contributed by atoms with Crippen molar-refractivity contribution < 1.29 is 4.74 Å². The summed E-state index contributed by atoms with van der Waals surface area (Å²) in [7, 11) is 1.77. The SMILES string of the molecule is COC1CCN(c2ncc(CN)cn2)CC1. The second kappa shape index (κ2) is 5.23. The van der Waals surface area contributed by atoms with Crippen molar-refractivity contribution in [1.82, 2.24) is 9.97 Å². The number of nitrogens with two attached hydrogens (primary N) is 1. The number of methoxy groups -OCH3 is 1. The molecule has 5 heteroatoms. The van der Waals surface area contributed by atoms with Crippen LogP contribution in [0.15, 0.2) is 12.4 Å². The molecule has 0 radical (unpaired) electrons. The number of rotatable bonds is 3. The molecule has 0 aromatic carbocycles. The average molecular weight is 222 g/mol. The van der Waals surface area contributed by atoms with Crippen LogP contribution in [0, 0.1) is 0 Å². The van der Waals surface area contributed by atoms with Crippen molar-refractivity contribution >= 4 is 5.95 Å². The summed E-state index contributed by atoms with van der Waals surface area (Å²) < 4.78 is 5.33. The molecular weight excluding hydrogens is 204 g/mol. The third kappa shape index (κ3) is 2.48. The first-order valence-electron chi connectivity index (χ1n) is 5.62. The van der Waals surface area contributed by atoms with Crippen LogP contribution in [0.25, 0.3) is 0 Å². The Bertz CT molecular complexity index is 319. The van der Waals surface area contributed by atoms with E-state index in [9.17, 15) is 0 Å². The molecule has 1 aromatic rings. The fourth-order valence-corrected chi connectivity index (χ4v) is 1.91. The highest BCUT2D eigenvalue weighted by molar-refractivity contribution is 5.30. The van der Waals surface area contributed by atoms with Gasteiger partial charge in [0.25, 0.3) is 0 Å². The summed E-state index contributed by atoms with van der Waals surface area (Å²) in [5.41, 5.74) is 6.47. The lowest BCUT2D eigenvalue weighted by molar-refractivity contribution is 0.0816. The lowest BCUT2D eigenvalue weighted by Gasteiger charge is -2.31. The molecule has 1 saturated heterocycles. The van der Waals surface area contributed by atoms with Crippen LogP contribution in [-0.4, -0.2) is 36.3 Å². The van der Waals surface area contributed by atoms with Gasteiger partial charge < -0.3 is 15.4 Å². The Kier molecular flexibility index (Phi) is 3.69. The smallest absolute Gasteiger partial charge is 0.225 e. The van der Waals surface area contributed by atoms with Crippen molar-refractivity contribution in [3.63, 3.8) is 0 Å². The standard InChI is InChI=1S/C11H18N4O/c1-16-10-2-4-15(5-3-10)11-13-7-9(6-12)8-14-11/h7-8,10H,2-6,12H2,1H3. The summed E-state index contributed by atoms with van der Waals surface area (Å²) in [6.07, 6.45) is 6.06. The Labute approximate surface area is 95.6 Å². The van der Waals surface area contributed by atoms with Gasteiger partial charge in [0, 0.05) is 44.7 Å². The molecule has 2 N–H and O–H groups in total. The molecule has 1 aliphatic rings. The first-order chi connectivity index (χ1) is 7.83. The van der Waals surface area contributed by atoms with Crippen LogP contribution in [0.1, 0.15) is 18.4 Å². The Balaban J connectivity index is 1.97. The van der Waals surface area contributed by atoms with Crippen LogP contribution in [0.5, 0.6) is 0 Å². The van der Waals surface area contributed by atoms with Crippen molar-refractivity contribution in [2.75, 3.05) is 25.1 Å². The molecule has 0 spiro atoms. The van der Waals surface area contributed by atoms with Crippen molar-refractivity contribution in [3.8, 4) is 0 Å². The third-order valence-corrected chi connectivity index (χ3v) is 2.99. The first kappa shape index (κ1) is 11.3. The molecule has 16 heavy (non-hydrogen) atoms. The molecular formula is C11H18N4O.